The van der Waals surface area contributed by atoms with E-state index >= 15 is 0 Å². The predicted octanol–water partition coefficient (Wildman–Crippen LogP) is 3.99. The molecule has 0 spiro atoms. The molecule has 0 atom stereocenters. The monoisotopic (exact) mass is 341 g/mol. The van der Waals surface area contributed by atoms with Crippen molar-refractivity contribution in [1.82, 2.24) is 4.98 Å². The fourth-order valence-electron chi connectivity index (χ4n) is 1.57. The highest BCUT2D eigenvalue weighted by atomic mass is 79.9. The summed E-state index contributed by atoms with van der Waals surface area (Å²) >= 11 is 4.93. The minimum absolute atomic E-state index is 0.0653. The summed E-state index contributed by atoms with van der Waals surface area (Å²) in [6.07, 6.45) is 2.80. The third-order valence-corrected chi connectivity index (χ3v) is 4.17. The Labute approximate surface area is 123 Å². The summed E-state index contributed by atoms with van der Waals surface area (Å²) in [4.78, 5) is 16.0. The van der Waals surface area contributed by atoms with Gasteiger partial charge in [-0.15, -0.1) is 11.3 Å². The number of halogens is 1. The van der Waals surface area contributed by atoms with Crippen molar-refractivity contribution in [3.05, 3.63) is 48.9 Å². The number of aryl methyl sites for hydroxylation is 1. The number of aromatic nitrogens is 1. The van der Waals surface area contributed by atoms with Crippen LogP contribution in [0.3, 0.4) is 0 Å². The van der Waals surface area contributed by atoms with Crippen LogP contribution in [0, 0.1) is 10.1 Å². The first-order chi connectivity index (χ1) is 9.10. The fraction of sp³-hybridized carbons (Fsp3) is 0.250. The van der Waals surface area contributed by atoms with Crippen LogP contribution in [0.2, 0.25) is 0 Å². The number of rotatable bonds is 5. The maximum absolute atomic E-state index is 10.9. The maximum atomic E-state index is 10.9. The Morgan fingerprint density at radius 3 is 2.95 bits per heavy atom. The molecule has 1 N–H and O–H groups in total. The van der Waals surface area contributed by atoms with Crippen molar-refractivity contribution in [3.63, 3.8) is 0 Å². The molecule has 2 aromatic rings. The Morgan fingerprint density at radius 2 is 2.32 bits per heavy atom. The molecule has 0 fully saturated rings. The van der Waals surface area contributed by atoms with Gasteiger partial charge in [-0.05, 0) is 18.6 Å². The van der Waals surface area contributed by atoms with E-state index in [1.807, 2.05) is 6.20 Å². The normalized spacial score (nSPS) is 10.4. The molecule has 1 aromatic heterocycles. The van der Waals surface area contributed by atoms with Crippen molar-refractivity contribution < 1.29 is 4.92 Å². The molecule has 1 heterocycles. The third kappa shape index (κ3) is 3.51. The molecule has 0 saturated heterocycles. The summed E-state index contributed by atoms with van der Waals surface area (Å²) in [5, 5.41) is 14.9. The lowest BCUT2D eigenvalue weighted by Crippen LogP contribution is -2.02. The Hall–Kier alpha value is -1.47. The molecule has 1 aromatic carbocycles. The van der Waals surface area contributed by atoms with E-state index in [0.29, 0.717) is 12.2 Å². The van der Waals surface area contributed by atoms with Crippen LogP contribution in [0.4, 0.5) is 11.4 Å². The largest absolute Gasteiger partial charge is 0.373 e. The highest BCUT2D eigenvalue weighted by Gasteiger charge is 2.13. The molecule has 0 amide bonds. The Kier molecular flexibility index (Phi) is 4.49. The van der Waals surface area contributed by atoms with Gasteiger partial charge in [0, 0.05) is 21.6 Å². The van der Waals surface area contributed by atoms with Crippen LogP contribution >= 0.6 is 27.3 Å². The number of benzene rings is 1. The number of thiazole rings is 1. The summed E-state index contributed by atoms with van der Waals surface area (Å²) in [5.74, 6) is 0. The predicted molar refractivity (Wildman–Crippen MR) is 79.6 cm³/mol. The summed E-state index contributed by atoms with van der Waals surface area (Å²) in [5.41, 5.74) is 0.558. The molecule has 0 aliphatic carbocycles. The lowest BCUT2D eigenvalue weighted by atomic mass is 10.2. The van der Waals surface area contributed by atoms with Gasteiger partial charge in [-0.2, -0.15) is 0 Å². The number of hydrogen-bond donors (Lipinski definition) is 1. The Morgan fingerprint density at radius 1 is 1.53 bits per heavy atom. The van der Waals surface area contributed by atoms with E-state index in [0.717, 1.165) is 15.9 Å². The first kappa shape index (κ1) is 14.0. The van der Waals surface area contributed by atoms with Gasteiger partial charge in [0.05, 0.1) is 11.5 Å². The number of nitro benzene ring substituents is 1. The smallest absolute Gasteiger partial charge is 0.292 e. The van der Waals surface area contributed by atoms with Gasteiger partial charge in [0.15, 0.2) is 0 Å². The molecule has 0 bridgehead atoms. The van der Waals surface area contributed by atoms with Crippen molar-refractivity contribution in [3.8, 4) is 0 Å². The zero-order valence-corrected chi connectivity index (χ0v) is 12.6. The average Bonchev–Trinajstić information content (AvgIpc) is 2.84. The van der Waals surface area contributed by atoms with Gasteiger partial charge in [-0.3, -0.25) is 10.1 Å². The number of nitrogens with one attached hydrogen (secondary N) is 1. The van der Waals surface area contributed by atoms with Crippen LogP contribution < -0.4 is 5.32 Å². The van der Waals surface area contributed by atoms with E-state index in [9.17, 15) is 10.1 Å². The van der Waals surface area contributed by atoms with Gasteiger partial charge in [0.2, 0.25) is 0 Å². The molecule has 100 valence electrons. The lowest BCUT2D eigenvalue weighted by Gasteiger charge is -2.05. The second-order valence-corrected chi connectivity index (χ2v) is 5.96. The first-order valence-electron chi connectivity index (χ1n) is 5.71. The summed E-state index contributed by atoms with van der Waals surface area (Å²) in [6, 6.07) is 4.83. The van der Waals surface area contributed by atoms with Gasteiger partial charge < -0.3 is 5.32 Å². The van der Waals surface area contributed by atoms with Gasteiger partial charge in [0.1, 0.15) is 10.7 Å². The van der Waals surface area contributed by atoms with Crippen molar-refractivity contribution in [2.45, 2.75) is 19.9 Å². The highest BCUT2D eigenvalue weighted by Crippen LogP contribution is 2.28. The first-order valence-corrected chi connectivity index (χ1v) is 7.32. The number of nitro groups is 1. The zero-order valence-electron chi connectivity index (χ0n) is 10.2. The van der Waals surface area contributed by atoms with Crippen molar-refractivity contribution in [1.29, 1.82) is 0 Å². The second-order valence-electron chi connectivity index (χ2n) is 3.85. The van der Waals surface area contributed by atoms with Gasteiger partial charge in [-0.1, -0.05) is 22.9 Å². The van der Waals surface area contributed by atoms with E-state index in [4.69, 9.17) is 0 Å². The lowest BCUT2D eigenvalue weighted by molar-refractivity contribution is -0.384. The Bertz CT molecular complexity index is 600. The minimum Gasteiger partial charge on any atom is -0.373 e. The molecule has 5 nitrogen and oxygen atoms in total. The van der Waals surface area contributed by atoms with Gasteiger partial charge >= 0.3 is 0 Å². The fourth-order valence-corrected chi connectivity index (χ4v) is 2.74. The minimum atomic E-state index is -0.395. The summed E-state index contributed by atoms with van der Waals surface area (Å²) in [7, 11) is 0. The number of hydrogen-bond acceptors (Lipinski definition) is 5. The van der Waals surface area contributed by atoms with Crippen LogP contribution in [-0.2, 0) is 13.0 Å². The zero-order chi connectivity index (χ0) is 13.8. The molecular weight excluding hydrogens is 330 g/mol. The van der Waals surface area contributed by atoms with Crippen LogP contribution in [-0.4, -0.2) is 9.91 Å². The van der Waals surface area contributed by atoms with Crippen LogP contribution in [0.5, 0.6) is 0 Å². The molecule has 0 aliphatic heterocycles. The molecule has 7 heteroatoms. The molecule has 0 aliphatic rings. The van der Waals surface area contributed by atoms with Crippen molar-refractivity contribution in [2.24, 2.45) is 0 Å². The molecular formula is C12H12BrN3O2S. The van der Waals surface area contributed by atoms with E-state index in [1.165, 1.54) is 10.9 Å². The number of anilines is 1. The molecule has 19 heavy (non-hydrogen) atoms. The molecule has 0 saturated carbocycles. The van der Waals surface area contributed by atoms with E-state index < -0.39 is 4.92 Å². The maximum Gasteiger partial charge on any atom is 0.292 e. The summed E-state index contributed by atoms with van der Waals surface area (Å²) < 4.78 is 0.800. The van der Waals surface area contributed by atoms with E-state index in [2.05, 4.69) is 33.2 Å². The van der Waals surface area contributed by atoms with Crippen molar-refractivity contribution >= 4 is 38.6 Å². The highest BCUT2D eigenvalue weighted by molar-refractivity contribution is 9.10. The van der Waals surface area contributed by atoms with E-state index in [-0.39, 0.29) is 5.69 Å². The van der Waals surface area contributed by atoms with Crippen LogP contribution in [0.1, 0.15) is 16.8 Å². The van der Waals surface area contributed by atoms with Crippen LogP contribution in [0.15, 0.2) is 28.9 Å². The van der Waals surface area contributed by atoms with Crippen LogP contribution in [0.25, 0.3) is 0 Å². The Balaban J connectivity index is 2.14. The van der Waals surface area contributed by atoms with Gasteiger partial charge in [-0.25, -0.2) is 4.98 Å². The third-order valence-electron chi connectivity index (χ3n) is 2.54. The van der Waals surface area contributed by atoms with Gasteiger partial charge in [0.25, 0.3) is 5.69 Å². The quantitative estimate of drug-likeness (QED) is 0.659. The van der Waals surface area contributed by atoms with Crippen molar-refractivity contribution in [2.75, 3.05) is 5.32 Å². The summed E-state index contributed by atoms with van der Waals surface area (Å²) in [6.45, 7) is 2.56. The molecule has 0 unspecified atom stereocenters. The average molecular weight is 342 g/mol. The second kappa shape index (κ2) is 6.12. The topological polar surface area (TPSA) is 68.1 Å². The standard InChI is InChI=1S/C12H12BrN3O2S/c1-2-9-6-15-12(19-9)7-14-10-5-8(13)3-4-11(10)16(17)18/h3-6,14H,2,7H2,1H3. The number of nitrogens with zero attached hydrogens (tertiary/aromatic N) is 2. The van der Waals surface area contributed by atoms with E-state index in [1.54, 1.807) is 23.5 Å². The SMILES string of the molecule is CCc1cnc(CNc2cc(Br)ccc2[N+](=O)[O-])s1. The molecule has 2 rings (SSSR count). The molecule has 0 radical (unpaired) electrons.